The van der Waals surface area contributed by atoms with Gasteiger partial charge in [-0.2, -0.15) is 5.26 Å². The number of aryl methyl sites for hydroxylation is 1. The van der Waals surface area contributed by atoms with Crippen molar-refractivity contribution in [3.8, 4) is 11.8 Å². The quantitative estimate of drug-likeness (QED) is 0.348. The van der Waals surface area contributed by atoms with E-state index in [0.717, 1.165) is 5.56 Å². The summed E-state index contributed by atoms with van der Waals surface area (Å²) in [6.07, 6.45) is 1.45. The normalized spacial score (nSPS) is 10.8. The van der Waals surface area contributed by atoms with Crippen molar-refractivity contribution in [3.63, 3.8) is 0 Å². The van der Waals surface area contributed by atoms with Crippen LogP contribution in [0.5, 0.6) is 5.75 Å². The molecule has 0 bridgehead atoms. The van der Waals surface area contributed by atoms with E-state index in [2.05, 4.69) is 21.2 Å². The number of anilines is 1. The lowest BCUT2D eigenvalue weighted by Crippen LogP contribution is -2.15. The van der Waals surface area contributed by atoms with Gasteiger partial charge in [0.1, 0.15) is 17.4 Å². The predicted octanol–water partition coefficient (Wildman–Crippen LogP) is 4.90. The molecule has 0 saturated carbocycles. The zero-order chi connectivity index (χ0) is 21.4. The maximum absolute atomic E-state index is 12.5. The topological polar surface area (TPSA) is 88.4 Å². The van der Waals surface area contributed by atoms with E-state index in [9.17, 15) is 14.9 Å². The number of benzene rings is 2. The first-order valence-corrected chi connectivity index (χ1v) is 9.78. The lowest BCUT2D eigenvalue weighted by molar-refractivity contribution is -0.145. The lowest BCUT2D eigenvalue weighted by Gasteiger charge is -2.09. The van der Waals surface area contributed by atoms with Crippen LogP contribution >= 0.6 is 27.5 Å². The molecule has 0 aliphatic rings. The molecular formula is C21H18BrClN2O4. The number of amides is 1. The molecule has 0 aliphatic carbocycles. The van der Waals surface area contributed by atoms with Crippen molar-refractivity contribution in [3.05, 3.63) is 62.6 Å². The Hall–Kier alpha value is -2.82. The number of esters is 1. The lowest BCUT2D eigenvalue weighted by atomic mass is 10.1. The zero-order valence-corrected chi connectivity index (χ0v) is 18.1. The summed E-state index contributed by atoms with van der Waals surface area (Å²) in [5.74, 6) is -0.576. The van der Waals surface area contributed by atoms with Gasteiger partial charge < -0.3 is 14.8 Å². The Morgan fingerprint density at radius 1 is 1.28 bits per heavy atom. The molecule has 8 heteroatoms. The van der Waals surface area contributed by atoms with E-state index in [1.165, 1.54) is 6.08 Å². The molecule has 2 aromatic carbocycles. The van der Waals surface area contributed by atoms with E-state index in [1.807, 2.05) is 13.0 Å². The largest absolute Gasteiger partial charge is 0.481 e. The van der Waals surface area contributed by atoms with E-state index in [0.29, 0.717) is 26.5 Å². The minimum atomic E-state index is -0.545. The van der Waals surface area contributed by atoms with Gasteiger partial charge in [-0.05, 0) is 71.2 Å². The molecule has 1 N–H and O–H groups in total. The molecule has 0 aliphatic heterocycles. The Morgan fingerprint density at radius 2 is 2.03 bits per heavy atom. The first-order chi connectivity index (χ1) is 13.8. The second kappa shape index (κ2) is 10.6. The minimum absolute atomic E-state index is 0.0727. The van der Waals surface area contributed by atoms with E-state index in [-0.39, 0.29) is 18.8 Å². The third kappa shape index (κ3) is 6.63. The van der Waals surface area contributed by atoms with Crippen LogP contribution in [0.1, 0.15) is 18.1 Å². The van der Waals surface area contributed by atoms with Crippen molar-refractivity contribution in [2.24, 2.45) is 0 Å². The van der Waals surface area contributed by atoms with E-state index < -0.39 is 11.9 Å². The number of nitriles is 1. The molecule has 0 heterocycles. The molecule has 0 saturated heterocycles. The van der Waals surface area contributed by atoms with Crippen LogP contribution in [0.2, 0.25) is 5.02 Å². The van der Waals surface area contributed by atoms with Gasteiger partial charge in [0.2, 0.25) is 0 Å². The summed E-state index contributed by atoms with van der Waals surface area (Å²) in [6.45, 7) is 3.60. The molecule has 150 valence electrons. The first kappa shape index (κ1) is 22.5. The number of hydrogen-bond donors (Lipinski definition) is 1. The summed E-state index contributed by atoms with van der Waals surface area (Å²) in [7, 11) is 0. The Bertz CT molecular complexity index is 999. The van der Waals surface area contributed by atoms with Crippen molar-refractivity contribution in [1.29, 1.82) is 5.26 Å². The number of rotatable bonds is 7. The molecule has 0 aromatic heterocycles. The van der Waals surface area contributed by atoms with Crippen LogP contribution in [0.25, 0.3) is 6.08 Å². The van der Waals surface area contributed by atoms with Gasteiger partial charge >= 0.3 is 5.97 Å². The maximum Gasteiger partial charge on any atom is 0.344 e. The summed E-state index contributed by atoms with van der Waals surface area (Å²) in [5, 5.41) is 12.6. The summed E-state index contributed by atoms with van der Waals surface area (Å²) in [4.78, 5) is 23.9. The van der Waals surface area contributed by atoms with Gasteiger partial charge in [0.25, 0.3) is 5.91 Å². The monoisotopic (exact) mass is 476 g/mol. The summed E-state index contributed by atoms with van der Waals surface area (Å²) < 4.78 is 10.8. The van der Waals surface area contributed by atoms with Crippen LogP contribution in [-0.2, 0) is 14.3 Å². The number of halogens is 2. The summed E-state index contributed by atoms with van der Waals surface area (Å²) >= 11 is 9.31. The molecule has 29 heavy (non-hydrogen) atoms. The molecule has 0 spiro atoms. The van der Waals surface area contributed by atoms with Crippen molar-refractivity contribution >= 4 is 51.2 Å². The fourth-order valence-corrected chi connectivity index (χ4v) is 2.98. The van der Waals surface area contributed by atoms with Crippen LogP contribution in [0.4, 0.5) is 5.69 Å². The summed E-state index contributed by atoms with van der Waals surface area (Å²) in [6, 6.07) is 12.0. The van der Waals surface area contributed by atoms with E-state index >= 15 is 0 Å². The fourth-order valence-electron chi connectivity index (χ4n) is 2.30. The van der Waals surface area contributed by atoms with Crippen LogP contribution in [-0.4, -0.2) is 25.1 Å². The number of carbonyl (C=O) groups excluding carboxylic acids is 2. The first-order valence-electron chi connectivity index (χ1n) is 8.61. The van der Waals surface area contributed by atoms with Crippen molar-refractivity contribution in [2.45, 2.75) is 13.8 Å². The van der Waals surface area contributed by atoms with E-state index in [4.69, 9.17) is 21.1 Å². The van der Waals surface area contributed by atoms with E-state index in [1.54, 1.807) is 43.3 Å². The molecule has 0 unspecified atom stereocenters. The van der Waals surface area contributed by atoms with Crippen LogP contribution in [0.3, 0.4) is 0 Å². The molecule has 1 amide bonds. The fraction of sp³-hybridized carbons (Fsp3) is 0.190. The molecule has 2 aromatic rings. The van der Waals surface area contributed by atoms with Crippen molar-refractivity contribution in [2.75, 3.05) is 18.5 Å². The SMILES string of the molecule is CCOC(=O)COc1ccc(/C=C(\C#N)C(=O)Nc2cc(Cl)ccc2C)cc1Br. The van der Waals surface area contributed by atoms with Crippen LogP contribution < -0.4 is 10.1 Å². The highest BCUT2D eigenvalue weighted by atomic mass is 79.9. The Labute approximate surface area is 182 Å². The maximum atomic E-state index is 12.5. The zero-order valence-electron chi connectivity index (χ0n) is 15.8. The average molecular weight is 478 g/mol. The number of carbonyl (C=O) groups is 2. The summed E-state index contributed by atoms with van der Waals surface area (Å²) in [5.41, 5.74) is 1.89. The molecule has 0 radical (unpaired) electrons. The Kier molecular flexibility index (Phi) is 8.25. The van der Waals surface area contributed by atoms with Gasteiger partial charge in [0.05, 0.1) is 11.1 Å². The van der Waals surface area contributed by atoms with Crippen molar-refractivity contribution in [1.82, 2.24) is 0 Å². The third-order valence-electron chi connectivity index (χ3n) is 3.73. The highest BCUT2D eigenvalue weighted by molar-refractivity contribution is 9.10. The van der Waals surface area contributed by atoms with Gasteiger partial charge in [-0.25, -0.2) is 4.79 Å². The van der Waals surface area contributed by atoms with Gasteiger partial charge in [-0.15, -0.1) is 0 Å². The smallest absolute Gasteiger partial charge is 0.344 e. The van der Waals surface area contributed by atoms with Crippen LogP contribution in [0, 0.1) is 18.3 Å². The number of ether oxygens (including phenoxy) is 2. The highest BCUT2D eigenvalue weighted by Gasteiger charge is 2.12. The van der Waals surface area contributed by atoms with Gasteiger partial charge in [0.15, 0.2) is 6.61 Å². The standard InChI is InChI=1S/C21H18BrClN2O4/c1-3-28-20(26)12-29-19-7-5-14(9-17(19)22)8-15(11-24)21(27)25-18-10-16(23)6-4-13(18)2/h4-10H,3,12H2,1-2H3,(H,25,27)/b15-8+. The molecule has 0 fully saturated rings. The van der Waals surface area contributed by atoms with Crippen LogP contribution in [0.15, 0.2) is 46.4 Å². The molecule has 6 nitrogen and oxygen atoms in total. The van der Waals surface area contributed by atoms with Crippen molar-refractivity contribution < 1.29 is 19.1 Å². The third-order valence-corrected chi connectivity index (χ3v) is 4.59. The molecule has 2 rings (SSSR count). The van der Waals surface area contributed by atoms with Gasteiger partial charge in [-0.3, -0.25) is 4.79 Å². The Morgan fingerprint density at radius 3 is 2.69 bits per heavy atom. The molecular weight excluding hydrogens is 460 g/mol. The highest BCUT2D eigenvalue weighted by Crippen LogP contribution is 2.27. The second-order valence-electron chi connectivity index (χ2n) is 5.87. The number of hydrogen-bond acceptors (Lipinski definition) is 5. The van der Waals surface area contributed by atoms with Gasteiger partial charge in [0, 0.05) is 10.7 Å². The number of nitrogens with zero attached hydrogens (tertiary/aromatic N) is 1. The average Bonchev–Trinajstić information content (AvgIpc) is 2.68. The van der Waals surface area contributed by atoms with Gasteiger partial charge in [-0.1, -0.05) is 23.7 Å². The second-order valence-corrected chi connectivity index (χ2v) is 7.16. The molecule has 0 atom stereocenters. The minimum Gasteiger partial charge on any atom is -0.481 e. The number of nitrogens with one attached hydrogen (secondary N) is 1. The predicted molar refractivity (Wildman–Crippen MR) is 115 cm³/mol. The Balaban J connectivity index is 2.14.